The molecule has 0 aromatic heterocycles. The van der Waals surface area contributed by atoms with E-state index in [9.17, 15) is 4.79 Å². The molecular formula is C19H30N2O5. The van der Waals surface area contributed by atoms with Gasteiger partial charge in [-0.2, -0.15) is 0 Å². The molecule has 0 spiro atoms. The maximum absolute atomic E-state index is 12.3. The molecule has 1 heterocycles. The molecule has 7 nitrogen and oxygen atoms in total. The number of piperazine rings is 1. The molecular weight excluding hydrogens is 336 g/mol. The Labute approximate surface area is 155 Å². The van der Waals surface area contributed by atoms with E-state index < -0.39 is 5.60 Å². The Hall–Kier alpha value is -2.15. The minimum absolute atomic E-state index is 0.124. The number of amides is 1. The fraction of sp³-hybridized carbons (Fsp3) is 0.632. The van der Waals surface area contributed by atoms with Gasteiger partial charge in [-0.25, -0.2) is 4.79 Å². The van der Waals surface area contributed by atoms with Crippen LogP contribution in [0.5, 0.6) is 17.2 Å². The lowest BCUT2D eigenvalue weighted by atomic mass is 10.0. The topological polar surface area (TPSA) is 69.3 Å². The lowest BCUT2D eigenvalue weighted by Crippen LogP contribution is -2.54. The number of carbonyl (C=O) groups excluding carboxylic acids is 1. The molecule has 146 valence electrons. The normalized spacial score (nSPS) is 17.6. The summed E-state index contributed by atoms with van der Waals surface area (Å²) >= 11 is 0. The molecule has 0 radical (unpaired) electrons. The number of ether oxygens (including phenoxy) is 4. The van der Waals surface area contributed by atoms with E-state index in [4.69, 9.17) is 18.9 Å². The van der Waals surface area contributed by atoms with E-state index in [1.807, 2.05) is 32.9 Å². The zero-order valence-electron chi connectivity index (χ0n) is 16.5. The predicted molar refractivity (Wildman–Crippen MR) is 99.4 cm³/mol. The van der Waals surface area contributed by atoms with Crippen molar-refractivity contribution in [3.05, 3.63) is 17.7 Å². The number of hydrogen-bond acceptors (Lipinski definition) is 6. The number of hydrogen-bond donors (Lipinski definition) is 1. The van der Waals surface area contributed by atoms with Gasteiger partial charge >= 0.3 is 6.09 Å². The molecule has 1 N–H and O–H groups in total. The second-order valence-corrected chi connectivity index (χ2v) is 7.32. The largest absolute Gasteiger partial charge is 0.493 e. The van der Waals surface area contributed by atoms with Crippen molar-refractivity contribution < 1.29 is 23.7 Å². The molecule has 2 rings (SSSR count). The molecule has 1 aliphatic heterocycles. The maximum Gasteiger partial charge on any atom is 0.410 e. The van der Waals surface area contributed by atoms with Gasteiger partial charge in [0.2, 0.25) is 5.75 Å². The second-order valence-electron chi connectivity index (χ2n) is 7.32. The summed E-state index contributed by atoms with van der Waals surface area (Å²) in [4.78, 5) is 14.1. The van der Waals surface area contributed by atoms with Gasteiger partial charge in [0.05, 0.1) is 21.3 Å². The zero-order chi connectivity index (χ0) is 19.3. The molecule has 0 aliphatic carbocycles. The van der Waals surface area contributed by atoms with Crippen molar-refractivity contribution in [2.24, 2.45) is 0 Å². The van der Waals surface area contributed by atoms with Gasteiger partial charge in [0.1, 0.15) is 5.60 Å². The number of rotatable bonds is 5. The Bertz CT molecular complexity index is 602. The molecule has 7 heteroatoms. The SMILES string of the molecule is COc1cc(CC2CN(C(=O)OC(C)(C)C)CCN2)cc(OC)c1OC. The first-order valence-corrected chi connectivity index (χ1v) is 8.77. The summed E-state index contributed by atoms with van der Waals surface area (Å²) in [6.45, 7) is 7.59. The molecule has 1 amide bonds. The molecule has 26 heavy (non-hydrogen) atoms. The fourth-order valence-corrected chi connectivity index (χ4v) is 2.99. The minimum atomic E-state index is -0.492. The van der Waals surface area contributed by atoms with Crippen LogP contribution in [0.15, 0.2) is 12.1 Å². The average molecular weight is 366 g/mol. The van der Waals surface area contributed by atoms with Crippen LogP contribution in [0.2, 0.25) is 0 Å². The highest BCUT2D eigenvalue weighted by molar-refractivity contribution is 5.68. The van der Waals surface area contributed by atoms with Crippen molar-refractivity contribution in [3.63, 3.8) is 0 Å². The van der Waals surface area contributed by atoms with Crippen LogP contribution < -0.4 is 19.5 Å². The van der Waals surface area contributed by atoms with Crippen molar-refractivity contribution in [1.29, 1.82) is 0 Å². The lowest BCUT2D eigenvalue weighted by molar-refractivity contribution is 0.0195. The van der Waals surface area contributed by atoms with Crippen molar-refractivity contribution in [1.82, 2.24) is 10.2 Å². The molecule has 1 aromatic carbocycles. The van der Waals surface area contributed by atoms with E-state index in [1.165, 1.54) is 0 Å². The minimum Gasteiger partial charge on any atom is -0.493 e. The standard InChI is InChI=1S/C19H30N2O5/c1-19(2,3)26-18(22)21-8-7-20-14(12-21)9-13-10-15(23-4)17(25-6)16(11-13)24-5/h10-11,14,20H,7-9,12H2,1-6H3. The van der Waals surface area contributed by atoms with Gasteiger partial charge in [-0.15, -0.1) is 0 Å². The third-order valence-corrected chi connectivity index (χ3v) is 4.11. The van der Waals surface area contributed by atoms with E-state index in [2.05, 4.69) is 5.32 Å². The number of methoxy groups -OCH3 is 3. The van der Waals surface area contributed by atoms with Gasteiger partial charge in [-0.05, 0) is 44.9 Å². The van der Waals surface area contributed by atoms with E-state index in [0.29, 0.717) is 30.3 Å². The van der Waals surface area contributed by atoms with Crippen molar-refractivity contribution in [3.8, 4) is 17.2 Å². The van der Waals surface area contributed by atoms with Gasteiger partial charge in [-0.1, -0.05) is 0 Å². The predicted octanol–water partition coefficient (Wildman–Crippen LogP) is 2.46. The van der Waals surface area contributed by atoms with Crippen LogP contribution in [-0.4, -0.2) is 63.6 Å². The van der Waals surface area contributed by atoms with Crippen LogP contribution in [0, 0.1) is 0 Å². The Balaban J connectivity index is 2.09. The number of nitrogens with one attached hydrogen (secondary N) is 1. The lowest BCUT2D eigenvalue weighted by Gasteiger charge is -2.35. The van der Waals surface area contributed by atoms with Crippen molar-refractivity contribution in [2.75, 3.05) is 41.0 Å². The van der Waals surface area contributed by atoms with E-state index in [1.54, 1.807) is 26.2 Å². The highest BCUT2D eigenvalue weighted by Gasteiger charge is 2.27. The zero-order valence-corrected chi connectivity index (χ0v) is 16.5. The molecule has 0 saturated carbocycles. The van der Waals surface area contributed by atoms with Crippen molar-refractivity contribution >= 4 is 6.09 Å². The smallest absolute Gasteiger partial charge is 0.410 e. The third kappa shape index (κ3) is 5.17. The van der Waals surface area contributed by atoms with Crippen LogP contribution in [-0.2, 0) is 11.2 Å². The summed E-state index contributed by atoms with van der Waals surface area (Å²) < 4.78 is 21.7. The first-order valence-electron chi connectivity index (χ1n) is 8.77. The Morgan fingerprint density at radius 2 is 1.77 bits per heavy atom. The van der Waals surface area contributed by atoms with Crippen LogP contribution in [0.25, 0.3) is 0 Å². The summed E-state index contributed by atoms with van der Waals surface area (Å²) in [5.74, 6) is 1.83. The van der Waals surface area contributed by atoms with Gasteiger partial charge in [0, 0.05) is 25.7 Å². The van der Waals surface area contributed by atoms with Crippen LogP contribution in [0.3, 0.4) is 0 Å². The van der Waals surface area contributed by atoms with Gasteiger partial charge in [-0.3, -0.25) is 0 Å². The monoisotopic (exact) mass is 366 g/mol. The van der Waals surface area contributed by atoms with Gasteiger partial charge in [0.15, 0.2) is 11.5 Å². The molecule has 1 aliphatic rings. The quantitative estimate of drug-likeness (QED) is 0.863. The van der Waals surface area contributed by atoms with E-state index in [-0.39, 0.29) is 12.1 Å². The summed E-state index contributed by atoms with van der Waals surface area (Å²) in [7, 11) is 4.79. The second kappa shape index (κ2) is 8.49. The maximum atomic E-state index is 12.3. The molecule has 1 atom stereocenters. The fourth-order valence-electron chi connectivity index (χ4n) is 2.99. The van der Waals surface area contributed by atoms with Crippen LogP contribution >= 0.6 is 0 Å². The Morgan fingerprint density at radius 1 is 1.15 bits per heavy atom. The van der Waals surface area contributed by atoms with Crippen LogP contribution in [0.1, 0.15) is 26.3 Å². The highest BCUT2D eigenvalue weighted by atomic mass is 16.6. The Morgan fingerprint density at radius 3 is 2.27 bits per heavy atom. The highest BCUT2D eigenvalue weighted by Crippen LogP contribution is 2.38. The van der Waals surface area contributed by atoms with Crippen LogP contribution in [0.4, 0.5) is 4.79 Å². The first kappa shape index (κ1) is 20.2. The van der Waals surface area contributed by atoms with Crippen molar-refractivity contribution in [2.45, 2.75) is 38.8 Å². The molecule has 1 unspecified atom stereocenters. The Kier molecular flexibility index (Phi) is 6.58. The van der Waals surface area contributed by atoms with Gasteiger partial charge < -0.3 is 29.2 Å². The summed E-state index contributed by atoms with van der Waals surface area (Å²) in [5.41, 5.74) is 0.553. The molecule has 0 bridgehead atoms. The van der Waals surface area contributed by atoms with Gasteiger partial charge in [0.25, 0.3) is 0 Å². The number of carbonyl (C=O) groups is 1. The third-order valence-electron chi connectivity index (χ3n) is 4.11. The molecule has 1 fully saturated rings. The molecule has 1 aromatic rings. The summed E-state index contributed by atoms with van der Waals surface area (Å²) in [6.07, 6.45) is 0.463. The average Bonchev–Trinajstić information content (AvgIpc) is 2.59. The number of nitrogens with zero attached hydrogens (tertiary/aromatic N) is 1. The number of benzene rings is 1. The summed E-state index contributed by atoms with van der Waals surface area (Å²) in [5, 5.41) is 3.46. The summed E-state index contributed by atoms with van der Waals surface area (Å²) in [6, 6.07) is 4.00. The van der Waals surface area contributed by atoms with E-state index >= 15 is 0 Å². The molecule has 1 saturated heterocycles. The first-order chi connectivity index (χ1) is 12.3. The van der Waals surface area contributed by atoms with E-state index in [0.717, 1.165) is 18.5 Å².